The van der Waals surface area contributed by atoms with Crippen LogP contribution in [0.1, 0.15) is 172 Å². The molecule has 2 aromatic carbocycles. The number of carbonyl (C=O) groups excluding carboxylic acids is 2. The zero-order valence-corrected chi connectivity index (χ0v) is 40.5. The highest BCUT2D eigenvalue weighted by atomic mass is 16.7. The standard InChI is InChI=1S/C54H80N2O9/c1-8-11-12-13-14-15-16-17-18-25-50(60)56(30-9-2)49-37-46(55-65-53(4,5)6)44-35-39(23-19-21-31-57)43(24-20-22-32-58)51-45-36-42(63-41-26-28-47(61-7)40(34-41)38-59)27-29-48(45)64-54(49,52(44)51)62-33-10-3/h10,26-29,34-36,38-39,43,49,51-52,57-58H,3,8-9,11-25,30-33,37H2,1-2,4-7H3. The number of hydrogen-bond acceptors (Lipinski definition) is 10. The number of rotatable bonds is 29. The van der Waals surface area contributed by atoms with Crippen LogP contribution in [0, 0.1) is 17.8 Å². The molecule has 1 aliphatic heterocycles. The summed E-state index contributed by atoms with van der Waals surface area (Å²) in [5.41, 5.74) is 2.56. The van der Waals surface area contributed by atoms with Gasteiger partial charge in [-0.25, -0.2) is 0 Å². The number of aliphatic hydroxyl groups excluding tert-OH is 2. The Kier molecular flexibility index (Phi) is 20.4. The molecule has 0 saturated heterocycles. The number of fused-ring (bicyclic) bond motifs is 2. The third-order valence-corrected chi connectivity index (χ3v) is 13.3. The smallest absolute Gasteiger partial charge is 0.239 e. The highest BCUT2D eigenvalue weighted by Crippen LogP contribution is 2.62. The molecule has 2 N–H and O–H groups in total. The van der Waals surface area contributed by atoms with Crippen LogP contribution in [0.5, 0.6) is 23.0 Å². The van der Waals surface area contributed by atoms with Crippen LogP contribution in [0.15, 0.2) is 65.9 Å². The van der Waals surface area contributed by atoms with Gasteiger partial charge in [0, 0.05) is 44.1 Å². The summed E-state index contributed by atoms with van der Waals surface area (Å²) in [6.07, 6.45) is 21.7. The lowest BCUT2D eigenvalue weighted by Crippen LogP contribution is -2.70. The van der Waals surface area contributed by atoms with Crippen molar-refractivity contribution in [2.24, 2.45) is 22.9 Å². The van der Waals surface area contributed by atoms with Crippen molar-refractivity contribution in [3.8, 4) is 23.0 Å². The van der Waals surface area contributed by atoms with Gasteiger partial charge in [0.25, 0.3) is 0 Å². The largest absolute Gasteiger partial charge is 0.496 e. The number of oxime groups is 1. The van der Waals surface area contributed by atoms with E-state index in [-0.39, 0.29) is 43.5 Å². The van der Waals surface area contributed by atoms with Crippen LogP contribution in [0.4, 0.5) is 0 Å². The maximum absolute atomic E-state index is 14.8. The number of hydrogen-bond donors (Lipinski definition) is 2. The third-order valence-electron chi connectivity index (χ3n) is 13.3. The minimum Gasteiger partial charge on any atom is -0.496 e. The molecule has 11 nitrogen and oxygen atoms in total. The number of benzene rings is 2. The van der Waals surface area contributed by atoms with Gasteiger partial charge in [0.15, 0.2) is 6.29 Å². The van der Waals surface area contributed by atoms with Crippen molar-refractivity contribution in [2.45, 2.75) is 174 Å². The molecule has 65 heavy (non-hydrogen) atoms. The van der Waals surface area contributed by atoms with Gasteiger partial charge in [-0.05, 0) is 113 Å². The summed E-state index contributed by atoms with van der Waals surface area (Å²) >= 11 is 0. The molecule has 6 unspecified atom stereocenters. The second-order valence-corrected chi connectivity index (χ2v) is 19.3. The Morgan fingerprint density at radius 3 is 2.23 bits per heavy atom. The van der Waals surface area contributed by atoms with E-state index in [1.54, 1.807) is 24.3 Å². The van der Waals surface area contributed by atoms with E-state index in [1.165, 1.54) is 45.6 Å². The fraction of sp³-hybridized carbons (Fsp3) is 0.648. The van der Waals surface area contributed by atoms with Crippen molar-refractivity contribution in [1.29, 1.82) is 0 Å². The predicted molar refractivity (Wildman–Crippen MR) is 258 cm³/mol. The van der Waals surface area contributed by atoms with Crippen LogP contribution < -0.4 is 14.2 Å². The molecule has 11 heteroatoms. The lowest BCUT2D eigenvalue weighted by atomic mass is 9.55. The molecule has 1 fully saturated rings. The fourth-order valence-corrected chi connectivity index (χ4v) is 10.3. The Bertz CT molecular complexity index is 1890. The molecule has 2 aliphatic carbocycles. The second kappa shape index (κ2) is 25.6. The molecule has 0 bridgehead atoms. The molecule has 6 atom stereocenters. The summed E-state index contributed by atoms with van der Waals surface area (Å²) < 4.78 is 26.5. The number of unbranched alkanes of at least 4 members (excludes halogenated alkanes) is 10. The average Bonchev–Trinajstić information content (AvgIpc) is 3.29. The maximum Gasteiger partial charge on any atom is 0.239 e. The predicted octanol–water partition coefficient (Wildman–Crippen LogP) is 11.9. The topological polar surface area (TPSA) is 136 Å². The number of methoxy groups -OCH3 is 1. The van der Waals surface area contributed by atoms with Gasteiger partial charge in [-0.1, -0.05) is 95.4 Å². The van der Waals surface area contributed by atoms with Crippen molar-refractivity contribution in [3.63, 3.8) is 0 Å². The Morgan fingerprint density at radius 1 is 0.908 bits per heavy atom. The SMILES string of the molecule is C=CCOC12Oc3ccc(Oc4ccc(OC)c(C=O)c4)cc3C3C(CCCCO)C(CCCCO)C=C(C(=NOC(C)(C)C)CC1N(CCC)C(=O)CCCCCCCCCCC)C32. The van der Waals surface area contributed by atoms with Gasteiger partial charge < -0.3 is 38.9 Å². The summed E-state index contributed by atoms with van der Waals surface area (Å²) in [7, 11) is 1.53. The summed E-state index contributed by atoms with van der Waals surface area (Å²) in [5.74, 6) is 0.530. The molecular formula is C54H80N2O9. The van der Waals surface area contributed by atoms with Crippen molar-refractivity contribution in [3.05, 3.63) is 71.8 Å². The number of carbonyl (C=O) groups is 2. The van der Waals surface area contributed by atoms with Crippen molar-refractivity contribution < 1.29 is 43.6 Å². The quantitative estimate of drug-likeness (QED) is 0.0354. The van der Waals surface area contributed by atoms with Gasteiger partial charge >= 0.3 is 0 Å². The summed E-state index contributed by atoms with van der Waals surface area (Å²) in [5, 5.41) is 24.9. The van der Waals surface area contributed by atoms with Crippen molar-refractivity contribution in [2.75, 3.05) is 33.5 Å². The fourth-order valence-electron chi connectivity index (χ4n) is 10.3. The number of aliphatic hydroxyl groups is 2. The number of amides is 1. The second-order valence-electron chi connectivity index (χ2n) is 19.3. The molecule has 0 aromatic heterocycles. The van der Waals surface area contributed by atoms with Gasteiger partial charge in [-0.2, -0.15) is 0 Å². The van der Waals surface area contributed by atoms with Crippen LogP contribution in [-0.4, -0.2) is 83.9 Å². The summed E-state index contributed by atoms with van der Waals surface area (Å²) in [6.45, 7) is 15.3. The molecule has 1 saturated carbocycles. The maximum atomic E-state index is 14.8. The van der Waals surface area contributed by atoms with Crippen molar-refractivity contribution in [1.82, 2.24) is 4.90 Å². The Balaban J connectivity index is 1.67. The van der Waals surface area contributed by atoms with Gasteiger partial charge in [0.05, 0.1) is 30.9 Å². The van der Waals surface area contributed by atoms with Gasteiger partial charge in [-0.3, -0.25) is 9.59 Å². The van der Waals surface area contributed by atoms with Crippen molar-refractivity contribution >= 4 is 17.9 Å². The first-order valence-corrected chi connectivity index (χ1v) is 24.9. The molecular weight excluding hydrogens is 821 g/mol. The first-order valence-electron chi connectivity index (χ1n) is 24.9. The van der Waals surface area contributed by atoms with Crippen LogP contribution in [0.3, 0.4) is 0 Å². The number of nitrogens with zero attached hydrogens (tertiary/aromatic N) is 2. The molecule has 0 spiro atoms. The minimum atomic E-state index is -1.32. The summed E-state index contributed by atoms with van der Waals surface area (Å²) in [4.78, 5) is 35.1. The van der Waals surface area contributed by atoms with Crippen LogP contribution in [0.2, 0.25) is 0 Å². The number of ether oxygens (including phenoxy) is 4. The first kappa shape index (κ1) is 51.8. The van der Waals surface area contributed by atoms with E-state index in [2.05, 4.69) is 32.6 Å². The minimum absolute atomic E-state index is 0.0714. The number of aldehydes is 1. The molecule has 2 aromatic rings. The molecule has 5 rings (SSSR count). The molecule has 0 radical (unpaired) electrons. The van der Waals surface area contributed by atoms with E-state index in [9.17, 15) is 19.8 Å². The van der Waals surface area contributed by atoms with Crippen LogP contribution in [-0.2, 0) is 14.4 Å². The third kappa shape index (κ3) is 13.5. The normalized spacial score (nSPS) is 22.9. The molecule has 1 amide bonds. The first-order chi connectivity index (χ1) is 31.5. The van der Waals surface area contributed by atoms with E-state index in [4.69, 9.17) is 28.9 Å². The Hall–Kier alpha value is -4.19. The van der Waals surface area contributed by atoms with E-state index in [0.29, 0.717) is 60.8 Å². The monoisotopic (exact) mass is 901 g/mol. The Labute approximate surface area is 390 Å². The van der Waals surface area contributed by atoms with E-state index in [1.807, 2.05) is 37.8 Å². The molecule has 360 valence electrons. The molecule has 1 heterocycles. The highest BCUT2D eigenvalue weighted by molar-refractivity contribution is 6.03. The van der Waals surface area contributed by atoms with E-state index < -0.39 is 23.3 Å². The summed E-state index contributed by atoms with van der Waals surface area (Å²) in [6, 6.07) is 10.5. The number of allylic oxidation sites excluding steroid dienone is 1. The van der Waals surface area contributed by atoms with Gasteiger partial charge in [0.2, 0.25) is 11.7 Å². The lowest BCUT2D eigenvalue weighted by Gasteiger charge is -2.60. The van der Waals surface area contributed by atoms with Crippen LogP contribution >= 0.6 is 0 Å². The van der Waals surface area contributed by atoms with Gasteiger partial charge in [0.1, 0.15) is 34.6 Å². The zero-order chi connectivity index (χ0) is 46.8. The highest BCUT2D eigenvalue weighted by Gasteiger charge is 2.65. The lowest BCUT2D eigenvalue weighted by molar-refractivity contribution is -0.257. The van der Waals surface area contributed by atoms with Gasteiger partial charge in [-0.15, -0.1) is 6.58 Å². The Morgan fingerprint density at radius 2 is 1.58 bits per heavy atom. The van der Waals surface area contributed by atoms with Crippen LogP contribution in [0.25, 0.3) is 0 Å². The van der Waals surface area contributed by atoms with E-state index >= 15 is 0 Å². The molecule has 3 aliphatic rings. The zero-order valence-electron chi connectivity index (χ0n) is 40.5. The van der Waals surface area contributed by atoms with E-state index in [0.717, 1.165) is 74.5 Å². The average molecular weight is 901 g/mol.